The molecule has 0 heterocycles. The van der Waals surface area contributed by atoms with E-state index in [0.29, 0.717) is 0 Å². The van der Waals surface area contributed by atoms with Gasteiger partial charge in [0.1, 0.15) is 0 Å². The molecule has 0 rings (SSSR count). The molecule has 320 valence electrons. The zero-order valence-corrected chi connectivity index (χ0v) is 23.0. The molecule has 0 unspecified atom stereocenters. The van der Waals surface area contributed by atoms with Crippen molar-refractivity contribution in [1.29, 1.82) is 0 Å². The Balaban J connectivity index is 6.78. The quantitative estimate of drug-likeness (QED) is 0.136. The van der Waals surface area contributed by atoms with Crippen molar-refractivity contribution in [2.75, 3.05) is 0 Å². The fourth-order valence-corrected chi connectivity index (χ4v) is 3.24. The Hall–Kier alpha value is -2.38. The van der Waals surface area contributed by atoms with Crippen LogP contribution in [0.5, 0.6) is 0 Å². The number of alkyl halides is 34. The molecule has 0 saturated heterocycles. The van der Waals surface area contributed by atoms with Crippen molar-refractivity contribution >= 4 is 0 Å². The first-order chi connectivity index (χ1) is 22.2. The van der Waals surface area contributed by atoms with Crippen LogP contribution in [-0.4, -0.2) is 95.3 Å². The van der Waals surface area contributed by atoms with Crippen molar-refractivity contribution in [2.24, 2.45) is 0 Å². The molecule has 0 saturated carbocycles. The molecule has 0 aliphatic carbocycles. The SMILES string of the molecule is FC(F)(F)C(F)(F)C(F)(F)C(F)(F)C(F)(F)C(F)(F)C(F)(F)C(F)(F)CCCC(F)(F)C(F)(F)C(F)(F)C(F)(F)C(F)(F)C(F)(F)C(F)(F)C(F)(F)F. The highest BCUT2D eigenvalue weighted by Gasteiger charge is 2.97. The van der Waals surface area contributed by atoms with Crippen molar-refractivity contribution in [2.45, 2.75) is 115 Å². The molecule has 0 aliphatic rings. The number of halogens is 34. The number of hydrogen-bond acceptors (Lipinski definition) is 0. The van der Waals surface area contributed by atoms with Crippen molar-refractivity contribution in [1.82, 2.24) is 0 Å². The normalized spacial score (nSPS) is 17.1. The summed E-state index contributed by atoms with van der Waals surface area (Å²) in [4.78, 5) is 0. The Morgan fingerprint density at radius 1 is 0.170 bits per heavy atom. The van der Waals surface area contributed by atoms with Crippen molar-refractivity contribution in [3.05, 3.63) is 0 Å². The summed E-state index contributed by atoms with van der Waals surface area (Å²) >= 11 is 0. The monoisotopic (exact) mass is 880 g/mol. The van der Waals surface area contributed by atoms with E-state index in [-0.39, 0.29) is 0 Å². The zero-order chi connectivity index (χ0) is 44.1. The van der Waals surface area contributed by atoms with Crippen molar-refractivity contribution < 1.29 is 149 Å². The smallest absolute Gasteiger partial charge is 0.200 e. The summed E-state index contributed by atoms with van der Waals surface area (Å²) in [5.41, 5.74) is 0. The molecule has 0 fully saturated rings. The number of rotatable bonds is 16. The zero-order valence-electron chi connectivity index (χ0n) is 23.0. The summed E-state index contributed by atoms with van der Waals surface area (Å²) in [6, 6.07) is 0. The van der Waals surface area contributed by atoms with Crippen molar-refractivity contribution in [3.63, 3.8) is 0 Å². The summed E-state index contributed by atoms with van der Waals surface area (Å²) in [5.74, 6) is -123. The molecule has 0 atom stereocenters. The first kappa shape index (κ1) is 50.6. The molecular weight excluding hydrogens is 874 g/mol. The van der Waals surface area contributed by atoms with Gasteiger partial charge in [0.15, 0.2) is 0 Å². The average Bonchev–Trinajstić information content (AvgIpc) is 2.90. The Morgan fingerprint density at radius 2 is 0.302 bits per heavy atom. The van der Waals surface area contributed by atoms with E-state index in [1.807, 2.05) is 0 Å². The highest BCUT2D eigenvalue weighted by molar-refractivity contribution is 5.17. The highest BCUT2D eigenvalue weighted by Crippen LogP contribution is 2.66. The van der Waals surface area contributed by atoms with Crippen LogP contribution in [0.25, 0.3) is 0 Å². The van der Waals surface area contributed by atoms with E-state index in [2.05, 4.69) is 0 Å². The van der Waals surface area contributed by atoms with Gasteiger partial charge in [0.2, 0.25) is 0 Å². The molecule has 0 N–H and O–H groups in total. The lowest BCUT2D eigenvalue weighted by Crippen LogP contribution is -2.74. The standard InChI is InChI=1S/C19H6F34/c20-4(21,6(24,25)8(28,29)10(32,33)12(36,37)14(40,41)16(44,45)18(48,49)50)2-1-3-5(22,23)7(26,27)9(30,31)11(34,35)13(38,39)15(42,43)17(46,47)19(51,52)53/h1-3H2. The maximum atomic E-state index is 13.8. The summed E-state index contributed by atoms with van der Waals surface area (Å²) in [6.45, 7) is 0. The maximum absolute atomic E-state index is 13.8. The van der Waals surface area contributed by atoms with Crippen LogP contribution in [0.4, 0.5) is 149 Å². The van der Waals surface area contributed by atoms with E-state index < -0.39 is 115 Å². The molecule has 0 spiro atoms. The largest absolute Gasteiger partial charge is 0.460 e. The van der Waals surface area contributed by atoms with Gasteiger partial charge in [0.25, 0.3) is 0 Å². The molecule has 0 aliphatic heterocycles. The predicted molar refractivity (Wildman–Crippen MR) is 95.2 cm³/mol. The highest BCUT2D eigenvalue weighted by atomic mass is 19.4. The van der Waals surface area contributed by atoms with Gasteiger partial charge in [-0.15, -0.1) is 0 Å². The Kier molecular flexibility index (Phi) is 12.0. The minimum atomic E-state index is -9.27. The lowest BCUT2D eigenvalue weighted by atomic mass is 9.86. The van der Waals surface area contributed by atoms with Gasteiger partial charge in [0.05, 0.1) is 0 Å². The molecule has 0 nitrogen and oxygen atoms in total. The van der Waals surface area contributed by atoms with Crippen LogP contribution >= 0.6 is 0 Å². The molecule has 0 amide bonds. The third-order valence-corrected chi connectivity index (χ3v) is 6.56. The average molecular weight is 880 g/mol. The van der Waals surface area contributed by atoms with Crippen LogP contribution in [-0.2, 0) is 0 Å². The van der Waals surface area contributed by atoms with Gasteiger partial charge in [-0.05, 0) is 6.42 Å². The third kappa shape index (κ3) is 6.50. The minimum Gasteiger partial charge on any atom is -0.200 e. The third-order valence-electron chi connectivity index (χ3n) is 6.56. The molecule has 0 aromatic heterocycles. The van der Waals surface area contributed by atoms with Gasteiger partial charge in [-0.25, -0.2) is 0 Å². The van der Waals surface area contributed by atoms with E-state index in [1.54, 1.807) is 0 Å². The summed E-state index contributed by atoms with van der Waals surface area (Å²) < 4.78 is 448. The second-order valence-corrected chi connectivity index (χ2v) is 10.2. The lowest BCUT2D eigenvalue weighted by Gasteiger charge is -2.43. The molecular formula is C19H6F34. The summed E-state index contributed by atoms with van der Waals surface area (Å²) in [6.07, 6.45) is -28.2. The van der Waals surface area contributed by atoms with E-state index in [9.17, 15) is 149 Å². The van der Waals surface area contributed by atoms with E-state index in [0.717, 1.165) is 0 Å². The Bertz CT molecular complexity index is 1190. The summed E-state index contributed by atoms with van der Waals surface area (Å²) in [7, 11) is 0. The van der Waals surface area contributed by atoms with Gasteiger partial charge in [0, 0.05) is 12.8 Å². The van der Waals surface area contributed by atoms with Crippen LogP contribution in [0.15, 0.2) is 0 Å². The molecule has 53 heavy (non-hydrogen) atoms. The maximum Gasteiger partial charge on any atom is 0.460 e. The van der Waals surface area contributed by atoms with Crippen LogP contribution in [0.3, 0.4) is 0 Å². The van der Waals surface area contributed by atoms with Gasteiger partial charge in [-0.1, -0.05) is 0 Å². The fraction of sp³-hybridized carbons (Fsp3) is 1.00. The van der Waals surface area contributed by atoms with Crippen LogP contribution < -0.4 is 0 Å². The molecule has 34 heteroatoms. The van der Waals surface area contributed by atoms with Crippen LogP contribution in [0.1, 0.15) is 19.3 Å². The first-order valence-corrected chi connectivity index (χ1v) is 11.6. The lowest BCUT2D eigenvalue weighted by molar-refractivity contribution is -0.462. The molecule has 0 radical (unpaired) electrons. The Labute approximate surface area is 265 Å². The first-order valence-electron chi connectivity index (χ1n) is 11.6. The van der Waals surface area contributed by atoms with E-state index in [1.165, 1.54) is 0 Å². The second-order valence-electron chi connectivity index (χ2n) is 10.2. The minimum absolute atomic E-state index is 3.58. The molecule has 0 bridgehead atoms. The topological polar surface area (TPSA) is 0 Å². The molecule has 0 aromatic carbocycles. The van der Waals surface area contributed by atoms with Gasteiger partial charge in [-0.2, -0.15) is 149 Å². The van der Waals surface area contributed by atoms with Crippen molar-refractivity contribution in [3.8, 4) is 0 Å². The van der Waals surface area contributed by atoms with Crippen LogP contribution in [0, 0.1) is 0 Å². The second kappa shape index (κ2) is 12.6. The Morgan fingerprint density at radius 3 is 0.453 bits per heavy atom. The van der Waals surface area contributed by atoms with E-state index in [4.69, 9.17) is 0 Å². The fourth-order valence-electron chi connectivity index (χ4n) is 3.24. The van der Waals surface area contributed by atoms with E-state index >= 15 is 0 Å². The van der Waals surface area contributed by atoms with Crippen LogP contribution in [0.2, 0.25) is 0 Å². The molecule has 0 aromatic rings. The number of hydrogen-bond donors (Lipinski definition) is 0. The van der Waals surface area contributed by atoms with Gasteiger partial charge in [-0.3, -0.25) is 0 Å². The van der Waals surface area contributed by atoms with Gasteiger partial charge >= 0.3 is 95.3 Å². The predicted octanol–water partition coefficient (Wildman–Crippen LogP) is 12.2. The van der Waals surface area contributed by atoms with Gasteiger partial charge < -0.3 is 0 Å². The summed E-state index contributed by atoms with van der Waals surface area (Å²) in [5, 5.41) is 0.